The fraction of sp³-hybridized carbons (Fsp3) is 0.917. The van der Waals surface area contributed by atoms with E-state index in [1.165, 1.54) is 0 Å². The van der Waals surface area contributed by atoms with Crippen molar-refractivity contribution in [2.75, 3.05) is 26.4 Å². The maximum absolute atomic E-state index is 12.0. The first-order valence-corrected chi connectivity index (χ1v) is 8.75. The molecule has 0 aromatic carbocycles. The van der Waals surface area contributed by atoms with Gasteiger partial charge in [0.25, 0.3) is 0 Å². The summed E-state index contributed by atoms with van der Waals surface area (Å²) in [4.78, 5) is 11.9. The van der Waals surface area contributed by atoms with E-state index < -0.39 is 12.7 Å². The second-order valence-electron chi connectivity index (χ2n) is 6.21. The highest BCUT2D eigenvalue weighted by atomic mass is 31.2. The number of carbonyl (C=O) groups is 1. The summed E-state index contributed by atoms with van der Waals surface area (Å²) in [6.45, 7) is 10.5. The highest BCUT2D eigenvalue weighted by molar-refractivity contribution is 7.63. The molecule has 0 aromatic rings. The Bertz CT molecular complexity index is 329. The van der Waals surface area contributed by atoms with Gasteiger partial charge in [0.15, 0.2) is 0 Å². The van der Waals surface area contributed by atoms with E-state index in [4.69, 9.17) is 4.74 Å². The number of hydrogen-bond acceptors (Lipinski definition) is 4. The molecule has 17 heavy (non-hydrogen) atoms. The van der Waals surface area contributed by atoms with Crippen molar-refractivity contribution in [3.8, 4) is 0 Å². The van der Waals surface area contributed by atoms with Gasteiger partial charge in [-0.2, -0.15) is 0 Å². The molecule has 0 amide bonds. The van der Waals surface area contributed by atoms with Gasteiger partial charge in [-0.05, 0) is 40.5 Å². The van der Waals surface area contributed by atoms with E-state index in [9.17, 15) is 9.36 Å². The van der Waals surface area contributed by atoms with Crippen molar-refractivity contribution in [2.45, 2.75) is 38.5 Å². The molecule has 0 bridgehead atoms. The van der Waals surface area contributed by atoms with Crippen LogP contribution in [0, 0.1) is 5.92 Å². The van der Waals surface area contributed by atoms with Gasteiger partial charge in [0.05, 0.1) is 13.1 Å². The molecule has 5 heteroatoms. The molecular weight excluding hydrogens is 237 g/mol. The Morgan fingerprint density at radius 1 is 1.29 bits per heavy atom. The highest BCUT2D eigenvalue weighted by Gasteiger charge is 2.35. The third-order valence-electron chi connectivity index (χ3n) is 2.95. The highest BCUT2D eigenvalue weighted by Crippen LogP contribution is 2.46. The van der Waals surface area contributed by atoms with Crippen molar-refractivity contribution in [3.05, 3.63) is 0 Å². The molecule has 1 N–H and O–H groups in total. The van der Waals surface area contributed by atoms with Crippen LogP contribution in [0.3, 0.4) is 0 Å². The lowest BCUT2D eigenvalue weighted by Crippen LogP contribution is -2.44. The topological polar surface area (TPSA) is 55.4 Å². The second kappa shape index (κ2) is 5.11. The lowest BCUT2D eigenvalue weighted by Gasteiger charge is -2.32. The minimum atomic E-state index is -2.14. The van der Waals surface area contributed by atoms with Crippen molar-refractivity contribution in [2.24, 2.45) is 5.92 Å². The van der Waals surface area contributed by atoms with Crippen LogP contribution in [0.2, 0.25) is 0 Å². The zero-order valence-electron chi connectivity index (χ0n) is 11.4. The van der Waals surface area contributed by atoms with Gasteiger partial charge >= 0.3 is 5.97 Å². The summed E-state index contributed by atoms with van der Waals surface area (Å²) >= 11 is 0. The first-order valence-electron chi connectivity index (χ1n) is 6.08. The number of esters is 1. The monoisotopic (exact) mass is 261 g/mol. The van der Waals surface area contributed by atoms with Gasteiger partial charge in [-0.15, -0.1) is 0 Å². The quantitative estimate of drug-likeness (QED) is 0.609. The summed E-state index contributed by atoms with van der Waals surface area (Å²) in [6.07, 6.45) is 0.673. The van der Waals surface area contributed by atoms with Crippen molar-refractivity contribution in [3.63, 3.8) is 0 Å². The lowest BCUT2D eigenvalue weighted by atomic mass is 9.99. The van der Waals surface area contributed by atoms with Crippen molar-refractivity contribution in [1.82, 2.24) is 5.32 Å². The van der Waals surface area contributed by atoms with E-state index in [0.717, 1.165) is 6.54 Å². The summed E-state index contributed by atoms with van der Waals surface area (Å²) in [5.41, 5.74) is -0.361. The van der Waals surface area contributed by atoms with Crippen LogP contribution in [0.25, 0.3) is 0 Å². The molecule has 100 valence electrons. The van der Waals surface area contributed by atoms with Gasteiger partial charge in [0.1, 0.15) is 5.60 Å². The molecule has 2 atom stereocenters. The van der Waals surface area contributed by atoms with Crippen molar-refractivity contribution >= 4 is 13.1 Å². The molecule has 0 aromatic heterocycles. The average molecular weight is 261 g/mol. The SMILES string of the molecule is CC(C)(C)OC(=O)C1CNCC(P(C)(C)=O)C1. The van der Waals surface area contributed by atoms with E-state index in [1.807, 2.05) is 20.8 Å². The number of ether oxygens (including phenoxy) is 1. The molecule has 0 saturated carbocycles. The Labute approximate surface area is 104 Å². The zero-order valence-corrected chi connectivity index (χ0v) is 12.3. The standard InChI is InChI=1S/C12H24NO3P/c1-12(2,3)16-11(14)9-6-10(8-13-7-9)17(4,5)15/h9-10,13H,6-8H2,1-5H3. The number of carbonyl (C=O) groups excluding carboxylic acids is 1. The molecule has 0 radical (unpaired) electrons. The van der Waals surface area contributed by atoms with Gasteiger partial charge in [-0.3, -0.25) is 4.79 Å². The van der Waals surface area contributed by atoms with Gasteiger partial charge in [0, 0.05) is 18.7 Å². The molecule has 0 spiro atoms. The fourth-order valence-electron chi connectivity index (χ4n) is 1.96. The van der Waals surface area contributed by atoms with Gasteiger partial charge in [-0.1, -0.05) is 0 Å². The summed E-state index contributed by atoms with van der Waals surface area (Å²) < 4.78 is 17.4. The summed E-state index contributed by atoms with van der Waals surface area (Å²) in [6, 6.07) is 0. The van der Waals surface area contributed by atoms with Crippen LogP contribution in [0.4, 0.5) is 0 Å². The van der Waals surface area contributed by atoms with Gasteiger partial charge in [-0.25, -0.2) is 0 Å². The van der Waals surface area contributed by atoms with E-state index in [0.29, 0.717) is 13.0 Å². The largest absolute Gasteiger partial charge is 0.460 e. The van der Waals surface area contributed by atoms with E-state index in [1.54, 1.807) is 13.3 Å². The number of nitrogens with one attached hydrogen (secondary N) is 1. The van der Waals surface area contributed by atoms with Gasteiger partial charge < -0.3 is 14.6 Å². The number of piperidine rings is 1. The molecule has 4 nitrogen and oxygen atoms in total. The summed E-state index contributed by atoms with van der Waals surface area (Å²) in [5, 5.41) is 3.19. The normalized spacial score (nSPS) is 26.6. The predicted molar refractivity (Wildman–Crippen MR) is 70.1 cm³/mol. The molecule has 1 heterocycles. The molecule has 1 aliphatic rings. The first kappa shape index (κ1) is 14.7. The van der Waals surface area contributed by atoms with E-state index >= 15 is 0 Å². The Morgan fingerprint density at radius 3 is 2.35 bits per heavy atom. The van der Waals surface area contributed by atoms with Crippen molar-refractivity contribution < 1.29 is 14.1 Å². The number of hydrogen-bond donors (Lipinski definition) is 1. The van der Waals surface area contributed by atoms with Crippen LogP contribution in [-0.4, -0.2) is 43.6 Å². The number of rotatable bonds is 2. The third kappa shape index (κ3) is 4.81. The lowest BCUT2D eigenvalue weighted by molar-refractivity contribution is -0.160. The van der Waals surface area contributed by atoms with Crippen LogP contribution in [0.5, 0.6) is 0 Å². The second-order valence-corrected chi connectivity index (χ2v) is 9.81. The van der Waals surface area contributed by atoms with Crippen LogP contribution in [-0.2, 0) is 14.1 Å². The average Bonchev–Trinajstić information content (AvgIpc) is 2.14. The smallest absolute Gasteiger partial charge is 0.310 e. The maximum atomic E-state index is 12.0. The molecule has 1 saturated heterocycles. The Hall–Kier alpha value is -0.340. The molecule has 1 aliphatic heterocycles. The van der Waals surface area contributed by atoms with Crippen LogP contribution < -0.4 is 5.32 Å². The van der Waals surface area contributed by atoms with Crippen molar-refractivity contribution in [1.29, 1.82) is 0 Å². The van der Waals surface area contributed by atoms with Crippen LogP contribution in [0.1, 0.15) is 27.2 Å². The molecule has 1 rings (SSSR count). The van der Waals surface area contributed by atoms with Crippen LogP contribution >= 0.6 is 7.14 Å². The van der Waals surface area contributed by atoms with E-state index in [-0.39, 0.29) is 17.5 Å². The van der Waals surface area contributed by atoms with Crippen LogP contribution in [0.15, 0.2) is 0 Å². The third-order valence-corrected chi connectivity index (χ3v) is 5.10. The minimum absolute atomic E-state index is 0.0915. The minimum Gasteiger partial charge on any atom is -0.460 e. The Balaban J connectivity index is 2.61. The molecular formula is C12H24NO3P. The van der Waals surface area contributed by atoms with Gasteiger partial charge in [0.2, 0.25) is 0 Å². The van der Waals surface area contributed by atoms with E-state index in [2.05, 4.69) is 5.32 Å². The fourth-order valence-corrected chi connectivity index (χ4v) is 3.29. The Morgan fingerprint density at radius 2 is 1.88 bits per heavy atom. The molecule has 1 fully saturated rings. The molecule has 0 aliphatic carbocycles. The summed E-state index contributed by atoms with van der Waals surface area (Å²) in [7, 11) is -2.14. The maximum Gasteiger partial charge on any atom is 0.310 e. The Kier molecular flexibility index (Phi) is 4.43. The first-order chi connectivity index (χ1) is 7.59. The predicted octanol–water partition coefficient (Wildman–Crippen LogP) is 1.93. The zero-order chi connectivity index (χ0) is 13.3. The summed E-state index contributed by atoms with van der Waals surface area (Å²) in [5.74, 6) is -0.343. The molecule has 2 unspecified atom stereocenters.